The molecule has 22 heavy (non-hydrogen) atoms. The normalized spacial score (nSPS) is 16.8. The summed E-state index contributed by atoms with van der Waals surface area (Å²) in [6.45, 7) is 4.25. The molecular weight excluding hydrogens is 285 g/mol. The Kier molecular flexibility index (Phi) is 3.54. The highest BCUT2D eigenvalue weighted by atomic mass is 19.4. The Morgan fingerprint density at radius 2 is 1.55 bits per heavy atom. The van der Waals surface area contributed by atoms with E-state index in [2.05, 4.69) is 26.0 Å². The number of hydrogen-bond acceptors (Lipinski definition) is 0. The molecule has 0 nitrogen and oxygen atoms in total. The molecule has 0 spiro atoms. The van der Waals surface area contributed by atoms with Crippen LogP contribution in [0.25, 0.3) is 11.1 Å². The standard InChI is InChI=1S/C19H19F3/c1-13(2)15-4-3-5-16(12-15)14-6-8-17(9-7-14)18(10-11-18)19(20,21)22/h3-9,12-13H,10-11H2,1-2H3. The predicted molar refractivity (Wildman–Crippen MR) is 82.9 cm³/mol. The summed E-state index contributed by atoms with van der Waals surface area (Å²) in [4.78, 5) is 0. The van der Waals surface area contributed by atoms with Gasteiger partial charge in [0.15, 0.2) is 0 Å². The van der Waals surface area contributed by atoms with Crippen molar-refractivity contribution in [3.63, 3.8) is 0 Å². The van der Waals surface area contributed by atoms with Gasteiger partial charge in [0.25, 0.3) is 0 Å². The van der Waals surface area contributed by atoms with Crippen LogP contribution in [-0.4, -0.2) is 6.18 Å². The Hall–Kier alpha value is -1.77. The van der Waals surface area contributed by atoms with E-state index in [9.17, 15) is 13.2 Å². The minimum absolute atomic E-state index is 0.207. The number of benzene rings is 2. The lowest BCUT2D eigenvalue weighted by atomic mass is 9.92. The van der Waals surface area contributed by atoms with E-state index in [0.717, 1.165) is 11.1 Å². The van der Waals surface area contributed by atoms with Crippen molar-refractivity contribution < 1.29 is 13.2 Å². The average Bonchev–Trinajstić information content (AvgIpc) is 3.29. The molecule has 2 aromatic rings. The first-order valence-corrected chi connectivity index (χ1v) is 7.61. The van der Waals surface area contributed by atoms with Gasteiger partial charge in [-0.05, 0) is 41.0 Å². The van der Waals surface area contributed by atoms with E-state index in [1.807, 2.05) is 12.1 Å². The van der Waals surface area contributed by atoms with Crippen LogP contribution in [0.1, 0.15) is 43.7 Å². The van der Waals surface area contributed by atoms with E-state index in [1.54, 1.807) is 24.3 Å². The zero-order chi connectivity index (χ0) is 16.0. The van der Waals surface area contributed by atoms with Crippen molar-refractivity contribution in [2.45, 2.75) is 44.2 Å². The molecule has 0 N–H and O–H groups in total. The van der Waals surface area contributed by atoms with Crippen LogP contribution in [0, 0.1) is 0 Å². The Bertz CT molecular complexity index is 662. The molecule has 0 saturated heterocycles. The van der Waals surface area contributed by atoms with Crippen LogP contribution in [0.15, 0.2) is 48.5 Å². The number of halogens is 3. The Balaban J connectivity index is 1.91. The van der Waals surface area contributed by atoms with Gasteiger partial charge in [-0.1, -0.05) is 62.4 Å². The molecule has 3 rings (SSSR count). The lowest BCUT2D eigenvalue weighted by Gasteiger charge is -2.20. The van der Waals surface area contributed by atoms with Gasteiger partial charge in [-0.3, -0.25) is 0 Å². The minimum Gasteiger partial charge on any atom is -0.170 e. The molecule has 0 amide bonds. The van der Waals surface area contributed by atoms with Gasteiger partial charge < -0.3 is 0 Å². The highest BCUT2D eigenvalue weighted by Gasteiger charge is 2.64. The maximum Gasteiger partial charge on any atom is 0.398 e. The van der Waals surface area contributed by atoms with E-state index < -0.39 is 11.6 Å². The van der Waals surface area contributed by atoms with Gasteiger partial charge in [0.1, 0.15) is 0 Å². The zero-order valence-corrected chi connectivity index (χ0v) is 12.7. The molecule has 0 radical (unpaired) electrons. The Labute approximate surface area is 129 Å². The molecule has 0 unspecified atom stereocenters. The van der Waals surface area contributed by atoms with Crippen LogP contribution < -0.4 is 0 Å². The van der Waals surface area contributed by atoms with Crippen molar-refractivity contribution in [3.05, 3.63) is 59.7 Å². The van der Waals surface area contributed by atoms with E-state index in [0.29, 0.717) is 11.5 Å². The van der Waals surface area contributed by atoms with E-state index >= 15 is 0 Å². The third-order valence-corrected chi connectivity index (χ3v) is 4.62. The second-order valence-corrected chi connectivity index (χ2v) is 6.44. The van der Waals surface area contributed by atoms with Crippen molar-refractivity contribution in [2.24, 2.45) is 0 Å². The number of alkyl halides is 3. The SMILES string of the molecule is CC(C)c1cccc(-c2ccc(C3(C(F)(F)F)CC3)cc2)c1. The fourth-order valence-electron chi connectivity index (χ4n) is 2.92. The van der Waals surface area contributed by atoms with Crippen LogP contribution in [-0.2, 0) is 5.41 Å². The lowest BCUT2D eigenvalue weighted by Crippen LogP contribution is -2.28. The van der Waals surface area contributed by atoms with E-state index in [4.69, 9.17) is 0 Å². The van der Waals surface area contributed by atoms with Crippen molar-refractivity contribution in [1.29, 1.82) is 0 Å². The van der Waals surface area contributed by atoms with Crippen molar-refractivity contribution >= 4 is 0 Å². The van der Waals surface area contributed by atoms with Crippen molar-refractivity contribution in [1.82, 2.24) is 0 Å². The predicted octanol–water partition coefficient (Wildman–Crippen LogP) is 6.07. The fraction of sp³-hybridized carbons (Fsp3) is 0.368. The lowest BCUT2D eigenvalue weighted by molar-refractivity contribution is -0.160. The molecule has 0 heterocycles. The Morgan fingerprint density at radius 1 is 0.909 bits per heavy atom. The summed E-state index contributed by atoms with van der Waals surface area (Å²) in [5.41, 5.74) is 2.05. The van der Waals surface area contributed by atoms with Gasteiger partial charge in [-0.25, -0.2) is 0 Å². The molecular formula is C19H19F3. The highest BCUT2D eigenvalue weighted by Crippen LogP contribution is 2.58. The number of rotatable bonds is 3. The smallest absolute Gasteiger partial charge is 0.170 e. The molecule has 0 bridgehead atoms. The Morgan fingerprint density at radius 3 is 2.05 bits per heavy atom. The topological polar surface area (TPSA) is 0 Å². The van der Waals surface area contributed by atoms with Crippen molar-refractivity contribution in [3.8, 4) is 11.1 Å². The molecule has 1 aliphatic carbocycles. The van der Waals surface area contributed by atoms with E-state index in [1.165, 1.54) is 5.56 Å². The van der Waals surface area contributed by atoms with E-state index in [-0.39, 0.29) is 12.8 Å². The van der Waals surface area contributed by atoms with Gasteiger partial charge in [0.2, 0.25) is 0 Å². The molecule has 2 aromatic carbocycles. The van der Waals surface area contributed by atoms with Crippen LogP contribution in [0.2, 0.25) is 0 Å². The molecule has 3 heteroatoms. The first kappa shape index (κ1) is 15.1. The maximum atomic E-state index is 13.1. The second kappa shape index (κ2) is 5.15. The summed E-state index contributed by atoms with van der Waals surface area (Å²) in [5, 5.41) is 0. The average molecular weight is 304 g/mol. The van der Waals surface area contributed by atoms with Gasteiger partial charge in [0.05, 0.1) is 5.41 Å². The molecule has 1 fully saturated rings. The van der Waals surface area contributed by atoms with Crippen LogP contribution in [0.4, 0.5) is 13.2 Å². The summed E-state index contributed by atoms with van der Waals surface area (Å²) >= 11 is 0. The minimum atomic E-state index is -4.15. The first-order valence-electron chi connectivity index (χ1n) is 7.61. The van der Waals surface area contributed by atoms with Crippen molar-refractivity contribution in [2.75, 3.05) is 0 Å². The van der Waals surface area contributed by atoms with Crippen LogP contribution >= 0.6 is 0 Å². The van der Waals surface area contributed by atoms with Crippen LogP contribution in [0.3, 0.4) is 0 Å². The molecule has 1 saturated carbocycles. The molecule has 116 valence electrons. The van der Waals surface area contributed by atoms with Gasteiger partial charge in [-0.15, -0.1) is 0 Å². The quantitative estimate of drug-likeness (QED) is 0.645. The summed E-state index contributed by atoms with van der Waals surface area (Å²) < 4.78 is 39.4. The zero-order valence-electron chi connectivity index (χ0n) is 12.7. The van der Waals surface area contributed by atoms with Gasteiger partial charge >= 0.3 is 6.18 Å². The summed E-state index contributed by atoms with van der Waals surface area (Å²) in [5.74, 6) is 0.430. The van der Waals surface area contributed by atoms with Gasteiger partial charge in [-0.2, -0.15) is 13.2 Å². The number of hydrogen-bond donors (Lipinski definition) is 0. The summed E-state index contributed by atoms with van der Waals surface area (Å²) in [6.07, 6.45) is -3.73. The highest BCUT2D eigenvalue weighted by molar-refractivity contribution is 5.65. The molecule has 0 aliphatic heterocycles. The molecule has 0 atom stereocenters. The fourth-order valence-corrected chi connectivity index (χ4v) is 2.92. The molecule has 0 aromatic heterocycles. The molecule has 1 aliphatic rings. The summed E-state index contributed by atoms with van der Waals surface area (Å²) in [6, 6.07) is 15.1. The van der Waals surface area contributed by atoms with Crippen LogP contribution in [0.5, 0.6) is 0 Å². The monoisotopic (exact) mass is 304 g/mol. The second-order valence-electron chi connectivity index (χ2n) is 6.44. The van der Waals surface area contributed by atoms with Gasteiger partial charge in [0, 0.05) is 0 Å². The largest absolute Gasteiger partial charge is 0.398 e. The maximum absolute atomic E-state index is 13.1. The summed E-state index contributed by atoms with van der Waals surface area (Å²) in [7, 11) is 0. The third kappa shape index (κ3) is 2.53. The first-order chi connectivity index (χ1) is 10.3. The third-order valence-electron chi connectivity index (χ3n) is 4.62.